The molecule has 7 nitrogen and oxygen atoms in total. The Bertz CT molecular complexity index is 836. The average Bonchev–Trinajstić information content (AvgIpc) is 2.90. The van der Waals surface area contributed by atoms with Crippen LogP contribution in [-0.2, 0) is 4.79 Å². The number of nitrogens with one attached hydrogen (secondary N) is 1. The molecule has 2 aromatic heterocycles. The number of carbonyl (C=O) groups excluding carboxylic acids is 1. The van der Waals surface area contributed by atoms with Crippen LogP contribution < -0.4 is 10.9 Å². The predicted molar refractivity (Wildman–Crippen MR) is 71.7 cm³/mol. The zero-order valence-electron chi connectivity index (χ0n) is 10.5. The van der Waals surface area contributed by atoms with Crippen LogP contribution in [-0.4, -0.2) is 20.7 Å². The second-order valence-electron chi connectivity index (χ2n) is 4.19. The molecule has 0 spiro atoms. The molecule has 1 N–H and O–H groups in total. The fourth-order valence-electron chi connectivity index (χ4n) is 1.87. The van der Waals surface area contributed by atoms with E-state index in [9.17, 15) is 9.59 Å². The lowest BCUT2D eigenvalue weighted by Crippen LogP contribution is -2.11. The van der Waals surface area contributed by atoms with Gasteiger partial charge in [0, 0.05) is 24.1 Å². The molecule has 0 saturated carbocycles. The van der Waals surface area contributed by atoms with Crippen LogP contribution in [0.25, 0.3) is 16.7 Å². The van der Waals surface area contributed by atoms with Crippen LogP contribution in [0.5, 0.6) is 0 Å². The molecular weight excluding hydrogens is 260 g/mol. The maximum atomic E-state index is 11.9. The SMILES string of the molecule is CC(=O)Nc1ccc2cc(-n3cncn3)c(=O)oc2c1. The second-order valence-corrected chi connectivity index (χ2v) is 4.19. The Hall–Kier alpha value is -2.96. The van der Waals surface area contributed by atoms with Crippen LogP contribution in [0.4, 0.5) is 5.69 Å². The Balaban J connectivity index is 2.14. The molecule has 2 heterocycles. The van der Waals surface area contributed by atoms with Crippen molar-refractivity contribution >= 4 is 22.6 Å². The van der Waals surface area contributed by atoms with Crippen molar-refractivity contribution in [2.75, 3.05) is 5.32 Å². The van der Waals surface area contributed by atoms with E-state index in [0.29, 0.717) is 11.3 Å². The summed E-state index contributed by atoms with van der Waals surface area (Å²) in [5.41, 5.74) is 0.719. The first kappa shape index (κ1) is 12.1. The molecule has 0 bridgehead atoms. The summed E-state index contributed by atoms with van der Waals surface area (Å²) in [5, 5.41) is 7.26. The zero-order chi connectivity index (χ0) is 14.1. The Kier molecular flexibility index (Phi) is 2.79. The number of hydrogen-bond donors (Lipinski definition) is 1. The zero-order valence-corrected chi connectivity index (χ0v) is 10.5. The van der Waals surface area contributed by atoms with E-state index < -0.39 is 5.63 Å². The molecule has 0 atom stereocenters. The van der Waals surface area contributed by atoms with Gasteiger partial charge in [-0.25, -0.2) is 14.5 Å². The molecule has 0 aliphatic carbocycles. The normalized spacial score (nSPS) is 10.7. The molecule has 20 heavy (non-hydrogen) atoms. The predicted octanol–water partition coefficient (Wildman–Crippen LogP) is 1.33. The maximum absolute atomic E-state index is 11.9. The summed E-state index contributed by atoms with van der Waals surface area (Å²) in [7, 11) is 0. The third-order valence-electron chi connectivity index (χ3n) is 2.70. The number of nitrogens with zero attached hydrogens (tertiary/aromatic N) is 3. The molecule has 0 unspecified atom stereocenters. The van der Waals surface area contributed by atoms with Crippen LogP contribution in [0.2, 0.25) is 0 Å². The summed E-state index contributed by atoms with van der Waals surface area (Å²) in [4.78, 5) is 26.7. The monoisotopic (exact) mass is 270 g/mol. The van der Waals surface area contributed by atoms with Crippen molar-refractivity contribution in [1.82, 2.24) is 14.8 Å². The minimum atomic E-state index is -0.525. The van der Waals surface area contributed by atoms with Gasteiger partial charge in [0.05, 0.1) is 0 Å². The summed E-state index contributed by atoms with van der Waals surface area (Å²) in [6.07, 6.45) is 2.76. The lowest BCUT2D eigenvalue weighted by atomic mass is 10.2. The highest BCUT2D eigenvalue weighted by atomic mass is 16.4. The number of amides is 1. The molecule has 1 aromatic carbocycles. The number of rotatable bonds is 2. The Labute approximate surface area is 112 Å². The molecule has 3 aromatic rings. The van der Waals surface area contributed by atoms with Crippen molar-refractivity contribution in [1.29, 1.82) is 0 Å². The summed E-state index contributed by atoms with van der Waals surface area (Å²) in [6, 6.07) is 6.75. The lowest BCUT2D eigenvalue weighted by molar-refractivity contribution is -0.114. The average molecular weight is 270 g/mol. The van der Waals surface area contributed by atoms with Gasteiger partial charge >= 0.3 is 5.63 Å². The third kappa shape index (κ3) is 2.16. The summed E-state index contributed by atoms with van der Waals surface area (Å²) in [5.74, 6) is -0.189. The largest absolute Gasteiger partial charge is 0.421 e. The lowest BCUT2D eigenvalue weighted by Gasteiger charge is -2.04. The van der Waals surface area contributed by atoms with Gasteiger partial charge in [-0.1, -0.05) is 0 Å². The molecule has 3 rings (SSSR count). The van der Waals surface area contributed by atoms with Gasteiger partial charge in [0.2, 0.25) is 5.91 Å². The van der Waals surface area contributed by atoms with Crippen LogP contribution in [0.1, 0.15) is 6.92 Å². The quantitative estimate of drug-likeness (QED) is 0.709. The fourth-order valence-corrected chi connectivity index (χ4v) is 1.87. The van der Waals surface area contributed by atoms with Crippen molar-refractivity contribution in [3.05, 3.63) is 47.3 Å². The Morgan fingerprint density at radius 2 is 2.20 bits per heavy atom. The van der Waals surface area contributed by atoms with Crippen LogP contribution in [0.15, 0.2) is 46.1 Å². The van der Waals surface area contributed by atoms with Crippen molar-refractivity contribution in [2.45, 2.75) is 6.92 Å². The summed E-state index contributed by atoms with van der Waals surface area (Å²) >= 11 is 0. The van der Waals surface area contributed by atoms with Gasteiger partial charge in [-0.3, -0.25) is 4.79 Å². The van der Waals surface area contributed by atoms with E-state index in [1.165, 1.54) is 24.3 Å². The highest BCUT2D eigenvalue weighted by Gasteiger charge is 2.08. The maximum Gasteiger partial charge on any atom is 0.362 e. The second kappa shape index (κ2) is 4.61. The number of anilines is 1. The molecular formula is C13H10N4O3. The standard InChI is InChI=1S/C13H10N4O3/c1-8(18)16-10-3-2-9-4-11(17-7-14-6-15-17)13(19)20-12(9)5-10/h2-7H,1H3,(H,16,18). The van der Waals surface area contributed by atoms with E-state index in [-0.39, 0.29) is 11.6 Å². The minimum Gasteiger partial charge on any atom is -0.421 e. The number of carbonyl (C=O) groups is 1. The molecule has 0 radical (unpaired) electrons. The van der Waals surface area contributed by atoms with E-state index in [4.69, 9.17) is 4.42 Å². The van der Waals surface area contributed by atoms with E-state index >= 15 is 0 Å². The molecule has 0 aliphatic heterocycles. The summed E-state index contributed by atoms with van der Waals surface area (Å²) in [6.45, 7) is 1.41. The van der Waals surface area contributed by atoms with Crippen LogP contribution >= 0.6 is 0 Å². The van der Waals surface area contributed by atoms with Gasteiger partial charge < -0.3 is 9.73 Å². The number of benzene rings is 1. The fraction of sp³-hybridized carbons (Fsp3) is 0.0769. The van der Waals surface area contributed by atoms with Crippen molar-refractivity contribution in [3.8, 4) is 5.69 Å². The first-order chi connectivity index (χ1) is 9.63. The smallest absolute Gasteiger partial charge is 0.362 e. The van der Waals surface area contributed by atoms with Gasteiger partial charge in [-0.15, -0.1) is 0 Å². The molecule has 0 fully saturated rings. The van der Waals surface area contributed by atoms with Crippen molar-refractivity contribution in [3.63, 3.8) is 0 Å². The van der Waals surface area contributed by atoms with Gasteiger partial charge in [-0.05, 0) is 18.2 Å². The van der Waals surface area contributed by atoms with Crippen molar-refractivity contribution < 1.29 is 9.21 Å². The van der Waals surface area contributed by atoms with E-state index in [0.717, 1.165) is 5.39 Å². The van der Waals surface area contributed by atoms with Gasteiger partial charge in [0.25, 0.3) is 0 Å². The highest BCUT2D eigenvalue weighted by molar-refractivity contribution is 5.91. The third-order valence-corrected chi connectivity index (χ3v) is 2.70. The molecule has 0 aliphatic rings. The molecule has 0 saturated heterocycles. The van der Waals surface area contributed by atoms with Crippen LogP contribution in [0.3, 0.4) is 0 Å². The van der Waals surface area contributed by atoms with Gasteiger partial charge in [0.1, 0.15) is 18.2 Å². The van der Waals surface area contributed by atoms with Gasteiger partial charge in [-0.2, -0.15) is 5.10 Å². The Morgan fingerprint density at radius 1 is 1.35 bits per heavy atom. The molecule has 100 valence electrons. The first-order valence-corrected chi connectivity index (χ1v) is 5.84. The van der Waals surface area contributed by atoms with Gasteiger partial charge in [0.15, 0.2) is 5.69 Å². The molecule has 7 heteroatoms. The highest BCUT2D eigenvalue weighted by Crippen LogP contribution is 2.19. The van der Waals surface area contributed by atoms with Crippen molar-refractivity contribution in [2.24, 2.45) is 0 Å². The van der Waals surface area contributed by atoms with E-state index in [1.54, 1.807) is 24.3 Å². The van der Waals surface area contributed by atoms with Crippen LogP contribution in [0, 0.1) is 0 Å². The Morgan fingerprint density at radius 3 is 2.90 bits per heavy atom. The number of fused-ring (bicyclic) bond motifs is 1. The first-order valence-electron chi connectivity index (χ1n) is 5.84. The minimum absolute atomic E-state index is 0.189. The summed E-state index contributed by atoms with van der Waals surface area (Å²) < 4.78 is 6.58. The van der Waals surface area contributed by atoms with E-state index in [2.05, 4.69) is 15.4 Å². The number of aromatic nitrogens is 3. The van der Waals surface area contributed by atoms with E-state index in [1.807, 2.05) is 0 Å². The number of hydrogen-bond acceptors (Lipinski definition) is 5. The topological polar surface area (TPSA) is 90.0 Å². The molecule has 1 amide bonds.